The summed E-state index contributed by atoms with van der Waals surface area (Å²) in [6.45, 7) is 7.03. The van der Waals surface area contributed by atoms with Crippen LogP contribution >= 0.6 is 0 Å². The molecule has 1 aromatic heterocycles. The first-order valence-electron chi connectivity index (χ1n) is 5.70. The van der Waals surface area contributed by atoms with Gasteiger partial charge < -0.3 is 10.5 Å². The molecule has 1 fully saturated rings. The van der Waals surface area contributed by atoms with E-state index in [0.717, 1.165) is 19.8 Å². The van der Waals surface area contributed by atoms with Crippen LogP contribution in [0.25, 0.3) is 0 Å². The van der Waals surface area contributed by atoms with Crippen LogP contribution in [-0.4, -0.2) is 35.2 Å². The predicted molar refractivity (Wildman–Crippen MR) is 63.9 cm³/mol. The van der Waals surface area contributed by atoms with E-state index in [0.29, 0.717) is 17.9 Å². The Morgan fingerprint density at radius 1 is 1.56 bits per heavy atom. The number of aromatic nitrogens is 1. The van der Waals surface area contributed by atoms with Gasteiger partial charge in [-0.05, 0) is 31.5 Å². The standard InChI is InChI=1S/C12H19N3O/c1-9(2)15(11-7-16-8-11)6-10-3-4-14-12(13)5-10/h3-5,9,11H,6-8H2,1-2H3,(H2,13,14). The summed E-state index contributed by atoms with van der Waals surface area (Å²) >= 11 is 0. The Morgan fingerprint density at radius 2 is 2.31 bits per heavy atom. The number of nitrogens with two attached hydrogens (primary N) is 1. The summed E-state index contributed by atoms with van der Waals surface area (Å²) in [5, 5.41) is 0. The molecular formula is C12H19N3O. The van der Waals surface area contributed by atoms with Crippen LogP contribution in [0.15, 0.2) is 18.3 Å². The lowest BCUT2D eigenvalue weighted by Gasteiger charge is -2.40. The molecule has 16 heavy (non-hydrogen) atoms. The van der Waals surface area contributed by atoms with Crippen molar-refractivity contribution in [2.24, 2.45) is 0 Å². The number of anilines is 1. The highest BCUT2D eigenvalue weighted by molar-refractivity contribution is 5.31. The minimum Gasteiger partial charge on any atom is -0.384 e. The highest BCUT2D eigenvalue weighted by Crippen LogP contribution is 2.18. The van der Waals surface area contributed by atoms with Crippen LogP contribution in [0.1, 0.15) is 19.4 Å². The molecule has 0 bridgehead atoms. The number of nitrogens with zero attached hydrogens (tertiary/aromatic N) is 2. The minimum absolute atomic E-state index is 0.517. The maximum Gasteiger partial charge on any atom is 0.123 e. The second kappa shape index (κ2) is 4.80. The number of nitrogen functional groups attached to an aromatic ring is 1. The summed E-state index contributed by atoms with van der Waals surface area (Å²) in [5.41, 5.74) is 6.89. The zero-order chi connectivity index (χ0) is 11.5. The Kier molecular flexibility index (Phi) is 3.41. The SMILES string of the molecule is CC(C)N(Cc1ccnc(N)c1)C1COC1. The van der Waals surface area contributed by atoms with Crippen LogP contribution < -0.4 is 5.73 Å². The van der Waals surface area contributed by atoms with Gasteiger partial charge in [0.1, 0.15) is 5.82 Å². The van der Waals surface area contributed by atoms with E-state index in [1.165, 1.54) is 5.56 Å². The molecule has 88 valence electrons. The molecule has 2 heterocycles. The van der Waals surface area contributed by atoms with Gasteiger partial charge in [-0.2, -0.15) is 0 Å². The lowest BCUT2D eigenvalue weighted by Crippen LogP contribution is -2.51. The van der Waals surface area contributed by atoms with Gasteiger partial charge in [0.05, 0.1) is 19.3 Å². The fraction of sp³-hybridized carbons (Fsp3) is 0.583. The number of ether oxygens (including phenoxy) is 1. The Balaban J connectivity index is 2.04. The van der Waals surface area contributed by atoms with E-state index in [1.54, 1.807) is 6.20 Å². The second-order valence-electron chi connectivity index (χ2n) is 4.55. The highest BCUT2D eigenvalue weighted by Gasteiger charge is 2.27. The van der Waals surface area contributed by atoms with Crippen LogP contribution in [0.2, 0.25) is 0 Å². The van der Waals surface area contributed by atoms with Crippen LogP contribution in [-0.2, 0) is 11.3 Å². The molecule has 4 nitrogen and oxygen atoms in total. The van der Waals surface area contributed by atoms with Gasteiger partial charge in [0.15, 0.2) is 0 Å². The van der Waals surface area contributed by atoms with Crippen molar-refractivity contribution in [2.75, 3.05) is 18.9 Å². The molecule has 1 aliphatic heterocycles. The molecule has 0 aliphatic carbocycles. The third-order valence-electron chi connectivity index (χ3n) is 2.96. The molecular weight excluding hydrogens is 202 g/mol. The summed E-state index contributed by atoms with van der Waals surface area (Å²) in [6.07, 6.45) is 1.76. The Labute approximate surface area is 96.4 Å². The van der Waals surface area contributed by atoms with Crippen LogP contribution in [0.3, 0.4) is 0 Å². The summed E-state index contributed by atoms with van der Waals surface area (Å²) in [7, 11) is 0. The molecule has 0 amide bonds. The smallest absolute Gasteiger partial charge is 0.123 e. The molecule has 1 aromatic rings. The van der Waals surface area contributed by atoms with Crippen molar-refractivity contribution < 1.29 is 4.74 Å². The van der Waals surface area contributed by atoms with Crippen molar-refractivity contribution in [1.82, 2.24) is 9.88 Å². The summed E-state index contributed by atoms with van der Waals surface area (Å²) < 4.78 is 5.25. The quantitative estimate of drug-likeness (QED) is 0.832. The average molecular weight is 221 g/mol. The van der Waals surface area contributed by atoms with Crippen LogP contribution in [0.4, 0.5) is 5.82 Å². The molecule has 0 saturated carbocycles. The Bertz CT molecular complexity index is 350. The molecule has 1 aliphatic rings. The molecule has 0 spiro atoms. The molecule has 2 N–H and O–H groups in total. The Hall–Kier alpha value is -1.13. The van der Waals surface area contributed by atoms with Gasteiger partial charge in [-0.15, -0.1) is 0 Å². The van der Waals surface area contributed by atoms with Gasteiger partial charge in [-0.25, -0.2) is 4.98 Å². The largest absolute Gasteiger partial charge is 0.384 e. The van der Waals surface area contributed by atoms with Crippen LogP contribution in [0, 0.1) is 0 Å². The summed E-state index contributed by atoms with van der Waals surface area (Å²) in [4.78, 5) is 6.45. The van der Waals surface area contributed by atoms with E-state index in [9.17, 15) is 0 Å². The highest BCUT2D eigenvalue weighted by atomic mass is 16.5. The third-order valence-corrected chi connectivity index (χ3v) is 2.96. The lowest BCUT2D eigenvalue weighted by atomic mass is 10.1. The minimum atomic E-state index is 0.517. The Morgan fingerprint density at radius 3 is 2.81 bits per heavy atom. The lowest BCUT2D eigenvalue weighted by molar-refractivity contribution is -0.0784. The molecule has 0 radical (unpaired) electrons. The van der Waals surface area contributed by atoms with Gasteiger partial charge in [-0.1, -0.05) is 0 Å². The van der Waals surface area contributed by atoms with Crippen LogP contribution in [0.5, 0.6) is 0 Å². The molecule has 4 heteroatoms. The van der Waals surface area contributed by atoms with Gasteiger partial charge in [0, 0.05) is 18.8 Å². The number of pyridine rings is 1. The first kappa shape index (κ1) is 11.4. The van der Waals surface area contributed by atoms with E-state index < -0.39 is 0 Å². The maximum absolute atomic E-state index is 5.68. The van der Waals surface area contributed by atoms with E-state index >= 15 is 0 Å². The fourth-order valence-electron chi connectivity index (χ4n) is 1.95. The average Bonchev–Trinajstić information content (AvgIpc) is 2.14. The van der Waals surface area contributed by atoms with Crippen molar-refractivity contribution in [3.05, 3.63) is 23.9 Å². The second-order valence-corrected chi connectivity index (χ2v) is 4.55. The molecule has 0 aromatic carbocycles. The molecule has 1 saturated heterocycles. The van der Waals surface area contributed by atoms with Crippen molar-refractivity contribution in [1.29, 1.82) is 0 Å². The van der Waals surface area contributed by atoms with E-state index in [-0.39, 0.29) is 0 Å². The normalized spacial score (nSPS) is 16.8. The fourth-order valence-corrected chi connectivity index (χ4v) is 1.95. The number of hydrogen-bond acceptors (Lipinski definition) is 4. The van der Waals surface area contributed by atoms with Crippen molar-refractivity contribution in [3.8, 4) is 0 Å². The van der Waals surface area contributed by atoms with Crippen molar-refractivity contribution in [3.63, 3.8) is 0 Å². The van der Waals surface area contributed by atoms with Gasteiger partial charge in [0.2, 0.25) is 0 Å². The zero-order valence-corrected chi connectivity index (χ0v) is 9.89. The van der Waals surface area contributed by atoms with Crippen molar-refractivity contribution >= 4 is 5.82 Å². The van der Waals surface area contributed by atoms with Crippen molar-refractivity contribution in [2.45, 2.75) is 32.5 Å². The van der Waals surface area contributed by atoms with E-state index in [1.807, 2.05) is 12.1 Å². The topological polar surface area (TPSA) is 51.4 Å². The summed E-state index contributed by atoms with van der Waals surface area (Å²) in [5.74, 6) is 0.589. The molecule has 0 atom stereocenters. The molecule has 2 rings (SSSR count). The maximum atomic E-state index is 5.68. The number of rotatable bonds is 4. The first-order valence-corrected chi connectivity index (χ1v) is 5.70. The monoisotopic (exact) mass is 221 g/mol. The van der Waals surface area contributed by atoms with E-state index in [2.05, 4.69) is 23.7 Å². The number of hydrogen-bond donors (Lipinski definition) is 1. The zero-order valence-electron chi connectivity index (χ0n) is 9.89. The first-order chi connectivity index (χ1) is 7.66. The summed E-state index contributed by atoms with van der Waals surface area (Å²) in [6, 6.07) is 5.03. The van der Waals surface area contributed by atoms with Gasteiger partial charge in [0.25, 0.3) is 0 Å². The third kappa shape index (κ3) is 2.51. The molecule has 0 unspecified atom stereocenters. The van der Waals surface area contributed by atoms with Gasteiger partial charge >= 0.3 is 0 Å². The van der Waals surface area contributed by atoms with Gasteiger partial charge in [-0.3, -0.25) is 4.90 Å². The van der Waals surface area contributed by atoms with E-state index in [4.69, 9.17) is 10.5 Å². The predicted octanol–water partition coefficient (Wildman–Crippen LogP) is 1.27.